The molecule has 0 amide bonds. The Bertz CT molecular complexity index is 556. The monoisotopic (exact) mass is 255 g/mol. The number of rotatable bonds is 4. The highest BCUT2D eigenvalue weighted by atomic mass is 16.5. The number of nitrogens with zero attached hydrogens (tertiary/aromatic N) is 1. The molecule has 1 aromatic carbocycles. The molecule has 1 heterocycles. The van der Waals surface area contributed by atoms with E-state index in [1.807, 2.05) is 12.1 Å². The van der Waals surface area contributed by atoms with Crippen molar-refractivity contribution in [1.29, 1.82) is 0 Å². The van der Waals surface area contributed by atoms with Gasteiger partial charge in [-0.3, -0.25) is 4.79 Å². The summed E-state index contributed by atoms with van der Waals surface area (Å²) < 4.78 is 5.67. The van der Waals surface area contributed by atoms with Gasteiger partial charge in [-0.15, -0.1) is 0 Å². The summed E-state index contributed by atoms with van der Waals surface area (Å²) in [5.41, 5.74) is 1.72. The zero-order valence-corrected chi connectivity index (χ0v) is 11.4. The van der Waals surface area contributed by atoms with E-state index in [1.54, 1.807) is 18.3 Å². The highest BCUT2D eigenvalue weighted by Crippen LogP contribution is 2.23. The number of aromatic nitrogens is 1. The summed E-state index contributed by atoms with van der Waals surface area (Å²) in [6, 6.07) is 11.4. The fourth-order valence-corrected chi connectivity index (χ4v) is 1.71. The first kappa shape index (κ1) is 13.3. The van der Waals surface area contributed by atoms with E-state index < -0.39 is 0 Å². The molecule has 0 N–H and O–H groups in total. The van der Waals surface area contributed by atoms with Crippen LogP contribution in [0.1, 0.15) is 42.7 Å². The zero-order valence-electron chi connectivity index (χ0n) is 11.4. The molecule has 3 heteroatoms. The van der Waals surface area contributed by atoms with Crippen molar-refractivity contribution in [3.05, 3.63) is 53.9 Å². The van der Waals surface area contributed by atoms with Crippen LogP contribution in [0.15, 0.2) is 42.6 Å². The van der Waals surface area contributed by atoms with Gasteiger partial charge in [-0.05, 0) is 35.7 Å². The number of ketones is 1. The fraction of sp³-hybridized carbons (Fsp3) is 0.250. The molecule has 0 aliphatic heterocycles. The van der Waals surface area contributed by atoms with E-state index in [1.165, 1.54) is 12.5 Å². The van der Waals surface area contributed by atoms with Crippen LogP contribution in [0, 0.1) is 0 Å². The molecule has 2 rings (SSSR count). The Morgan fingerprint density at radius 3 is 2.16 bits per heavy atom. The van der Waals surface area contributed by atoms with Crippen LogP contribution in [0.4, 0.5) is 0 Å². The fourth-order valence-electron chi connectivity index (χ4n) is 1.71. The minimum atomic E-state index is -0.0483. The normalized spacial score (nSPS) is 10.5. The Morgan fingerprint density at radius 2 is 1.68 bits per heavy atom. The standard InChI is InChI=1S/C16H17NO2/c1-11(2)13-4-6-14(7-5-13)19-15-8-9-16(12(3)18)17-10-15/h4-11H,1-3H3. The van der Waals surface area contributed by atoms with Crippen molar-refractivity contribution < 1.29 is 9.53 Å². The van der Waals surface area contributed by atoms with Crippen molar-refractivity contribution in [2.75, 3.05) is 0 Å². The molecular weight excluding hydrogens is 238 g/mol. The van der Waals surface area contributed by atoms with Gasteiger partial charge in [-0.1, -0.05) is 26.0 Å². The molecule has 98 valence electrons. The Labute approximate surface area is 113 Å². The molecule has 0 bridgehead atoms. The van der Waals surface area contributed by atoms with Crippen LogP contribution < -0.4 is 4.74 Å². The van der Waals surface area contributed by atoms with Crippen molar-refractivity contribution >= 4 is 5.78 Å². The van der Waals surface area contributed by atoms with Gasteiger partial charge in [0.1, 0.15) is 17.2 Å². The molecule has 3 nitrogen and oxygen atoms in total. The van der Waals surface area contributed by atoms with E-state index in [2.05, 4.69) is 31.0 Å². The number of hydrogen-bond donors (Lipinski definition) is 0. The van der Waals surface area contributed by atoms with E-state index in [-0.39, 0.29) is 5.78 Å². The van der Waals surface area contributed by atoms with Gasteiger partial charge in [0, 0.05) is 6.92 Å². The molecule has 0 fully saturated rings. The van der Waals surface area contributed by atoms with Crippen molar-refractivity contribution in [3.8, 4) is 11.5 Å². The van der Waals surface area contributed by atoms with Gasteiger partial charge in [-0.25, -0.2) is 4.98 Å². The Hall–Kier alpha value is -2.16. The summed E-state index contributed by atoms with van der Waals surface area (Å²) in [5, 5.41) is 0. The van der Waals surface area contributed by atoms with Crippen LogP contribution in [0.3, 0.4) is 0 Å². The molecule has 2 aromatic rings. The van der Waals surface area contributed by atoms with Crippen LogP contribution in [-0.2, 0) is 0 Å². The highest BCUT2D eigenvalue weighted by molar-refractivity contribution is 5.92. The van der Waals surface area contributed by atoms with Crippen molar-refractivity contribution in [2.24, 2.45) is 0 Å². The number of carbonyl (C=O) groups excluding carboxylic acids is 1. The van der Waals surface area contributed by atoms with E-state index in [9.17, 15) is 4.79 Å². The summed E-state index contributed by atoms with van der Waals surface area (Å²) in [6.45, 7) is 5.80. The maximum absolute atomic E-state index is 11.1. The van der Waals surface area contributed by atoms with Gasteiger partial charge < -0.3 is 4.74 Å². The highest BCUT2D eigenvalue weighted by Gasteiger charge is 2.03. The van der Waals surface area contributed by atoms with Gasteiger partial charge in [0.05, 0.1) is 6.20 Å². The first-order chi connectivity index (χ1) is 9.06. The van der Waals surface area contributed by atoms with Crippen molar-refractivity contribution in [3.63, 3.8) is 0 Å². The lowest BCUT2D eigenvalue weighted by Crippen LogP contribution is -1.96. The number of ether oxygens (including phenoxy) is 1. The van der Waals surface area contributed by atoms with Gasteiger partial charge in [0.2, 0.25) is 0 Å². The van der Waals surface area contributed by atoms with Crippen LogP contribution >= 0.6 is 0 Å². The molecule has 0 saturated heterocycles. The molecular formula is C16H17NO2. The smallest absolute Gasteiger partial charge is 0.178 e. The predicted molar refractivity (Wildman–Crippen MR) is 74.8 cm³/mol. The molecule has 1 aromatic heterocycles. The van der Waals surface area contributed by atoms with Crippen LogP contribution in [0.2, 0.25) is 0 Å². The maximum Gasteiger partial charge on any atom is 0.178 e. The van der Waals surface area contributed by atoms with E-state index in [4.69, 9.17) is 4.74 Å². The summed E-state index contributed by atoms with van der Waals surface area (Å²) in [5.74, 6) is 1.85. The third-order valence-electron chi connectivity index (χ3n) is 2.88. The Kier molecular flexibility index (Phi) is 3.95. The number of Topliss-reactive ketones (excluding diaryl/α,β-unsaturated/α-hetero) is 1. The van der Waals surface area contributed by atoms with Gasteiger partial charge >= 0.3 is 0 Å². The minimum absolute atomic E-state index is 0.0483. The Morgan fingerprint density at radius 1 is 1.05 bits per heavy atom. The molecule has 0 unspecified atom stereocenters. The molecule has 19 heavy (non-hydrogen) atoms. The lowest BCUT2D eigenvalue weighted by Gasteiger charge is -2.08. The number of carbonyl (C=O) groups is 1. The molecule has 0 aliphatic rings. The molecule has 0 saturated carbocycles. The van der Waals surface area contributed by atoms with Gasteiger partial charge in [-0.2, -0.15) is 0 Å². The molecule has 0 radical (unpaired) electrons. The minimum Gasteiger partial charge on any atom is -0.456 e. The largest absolute Gasteiger partial charge is 0.456 e. The molecule has 0 spiro atoms. The first-order valence-electron chi connectivity index (χ1n) is 6.31. The van der Waals surface area contributed by atoms with Crippen LogP contribution in [0.5, 0.6) is 11.5 Å². The zero-order chi connectivity index (χ0) is 13.8. The summed E-state index contributed by atoms with van der Waals surface area (Å²) in [6.07, 6.45) is 1.56. The number of hydrogen-bond acceptors (Lipinski definition) is 3. The second-order valence-electron chi connectivity index (χ2n) is 4.76. The predicted octanol–water partition coefficient (Wildman–Crippen LogP) is 4.20. The maximum atomic E-state index is 11.1. The second-order valence-corrected chi connectivity index (χ2v) is 4.76. The SMILES string of the molecule is CC(=O)c1ccc(Oc2ccc(C(C)C)cc2)cn1. The molecule has 0 aliphatic carbocycles. The third-order valence-corrected chi connectivity index (χ3v) is 2.88. The lowest BCUT2D eigenvalue weighted by atomic mass is 10.0. The summed E-state index contributed by atoms with van der Waals surface area (Å²) >= 11 is 0. The van der Waals surface area contributed by atoms with Gasteiger partial charge in [0.15, 0.2) is 5.78 Å². The first-order valence-corrected chi connectivity index (χ1v) is 6.31. The quantitative estimate of drug-likeness (QED) is 0.768. The Balaban J connectivity index is 2.10. The average Bonchev–Trinajstić information content (AvgIpc) is 2.40. The van der Waals surface area contributed by atoms with E-state index >= 15 is 0 Å². The number of pyridine rings is 1. The van der Waals surface area contributed by atoms with Gasteiger partial charge in [0.25, 0.3) is 0 Å². The average molecular weight is 255 g/mol. The van der Waals surface area contributed by atoms with Crippen molar-refractivity contribution in [2.45, 2.75) is 26.7 Å². The van der Waals surface area contributed by atoms with Crippen LogP contribution in [0.25, 0.3) is 0 Å². The third kappa shape index (κ3) is 3.41. The van der Waals surface area contributed by atoms with Crippen LogP contribution in [-0.4, -0.2) is 10.8 Å². The lowest BCUT2D eigenvalue weighted by molar-refractivity contribution is 0.101. The topological polar surface area (TPSA) is 39.2 Å². The second kappa shape index (κ2) is 5.65. The molecule has 0 atom stereocenters. The van der Waals surface area contributed by atoms with E-state index in [0.29, 0.717) is 17.4 Å². The summed E-state index contributed by atoms with van der Waals surface area (Å²) in [4.78, 5) is 15.2. The van der Waals surface area contributed by atoms with E-state index in [0.717, 1.165) is 5.75 Å². The van der Waals surface area contributed by atoms with Crippen molar-refractivity contribution in [1.82, 2.24) is 4.98 Å². The number of benzene rings is 1. The summed E-state index contributed by atoms with van der Waals surface area (Å²) in [7, 11) is 0.